The number of fused-ring (bicyclic) bond motifs is 1. The summed E-state index contributed by atoms with van der Waals surface area (Å²) in [4.78, 5) is 11.5. The number of hydrogen-bond acceptors (Lipinski definition) is 2. The number of methoxy groups -OCH3 is 1. The van der Waals surface area contributed by atoms with Gasteiger partial charge in [-0.05, 0) is 43.4 Å². The van der Waals surface area contributed by atoms with Crippen molar-refractivity contribution in [2.24, 2.45) is 23.2 Å². The summed E-state index contributed by atoms with van der Waals surface area (Å²) >= 11 is 0. The van der Waals surface area contributed by atoms with Gasteiger partial charge in [0.05, 0.1) is 5.41 Å². The van der Waals surface area contributed by atoms with E-state index in [1.807, 2.05) is 0 Å². The number of carboxylic acid groups (broad SMARTS) is 1. The van der Waals surface area contributed by atoms with E-state index in [-0.39, 0.29) is 5.92 Å². The minimum Gasteiger partial charge on any atom is -0.481 e. The molecule has 2 saturated carbocycles. The van der Waals surface area contributed by atoms with Crippen LogP contribution in [-0.4, -0.2) is 24.8 Å². The lowest BCUT2D eigenvalue weighted by Gasteiger charge is -2.32. The maximum atomic E-state index is 11.5. The molecule has 3 atom stereocenters. The Balaban J connectivity index is 2.02. The van der Waals surface area contributed by atoms with Crippen molar-refractivity contribution < 1.29 is 14.6 Å². The van der Waals surface area contributed by atoms with E-state index in [9.17, 15) is 9.90 Å². The topological polar surface area (TPSA) is 46.5 Å². The van der Waals surface area contributed by atoms with Crippen molar-refractivity contribution in [3.8, 4) is 0 Å². The molecule has 1 N–H and O–H groups in total. The first kappa shape index (κ1) is 10.9. The van der Waals surface area contributed by atoms with Crippen LogP contribution < -0.4 is 0 Å². The van der Waals surface area contributed by atoms with E-state index < -0.39 is 11.4 Å². The van der Waals surface area contributed by atoms with Gasteiger partial charge in [-0.25, -0.2) is 0 Å². The number of carbonyl (C=O) groups is 1. The average Bonchev–Trinajstić information content (AvgIpc) is 2.82. The van der Waals surface area contributed by atoms with Gasteiger partial charge in [-0.15, -0.1) is 0 Å². The highest BCUT2D eigenvalue weighted by Crippen LogP contribution is 2.62. The molecule has 0 aromatic carbocycles. The Hall–Kier alpha value is -0.570. The first-order valence-corrected chi connectivity index (χ1v) is 5.82. The van der Waals surface area contributed by atoms with Crippen molar-refractivity contribution in [3.05, 3.63) is 0 Å². The van der Waals surface area contributed by atoms with E-state index in [0.29, 0.717) is 18.4 Å². The standard InChI is InChI=1S/C12H20O3/c1-8(3-4-15-2)12(11(13)14)6-9-5-10(9)7-12/h8-10H,3-7H2,1-2H3,(H,13,14). The minimum atomic E-state index is -0.585. The van der Waals surface area contributed by atoms with Gasteiger partial charge < -0.3 is 9.84 Å². The van der Waals surface area contributed by atoms with E-state index in [2.05, 4.69) is 6.92 Å². The molecule has 0 saturated heterocycles. The van der Waals surface area contributed by atoms with Gasteiger partial charge in [0.25, 0.3) is 0 Å². The molecule has 0 aliphatic heterocycles. The van der Waals surface area contributed by atoms with Crippen LogP contribution in [0.4, 0.5) is 0 Å². The third-order valence-electron chi connectivity index (χ3n) is 4.45. The van der Waals surface area contributed by atoms with Gasteiger partial charge in [-0.1, -0.05) is 6.92 Å². The molecule has 3 unspecified atom stereocenters. The molecule has 0 amide bonds. The fraction of sp³-hybridized carbons (Fsp3) is 0.917. The molecule has 2 fully saturated rings. The molecule has 3 heteroatoms. The van der Waals surface area contributed by atoms with Crippen LogP contribution in [0.2, 0.25) is 0 Å². The van der Waals surface area contributed by atoms with Crippen LogP contribution in [0.5, 0.6) is 0 Å². The third kappa shape index (κ3) is 1.78. The van der Waals surface area contributed by atoms with Crippen LogP contribution in [-0.2, 0) is 9.53 Å². The smallest absolute Gasteiger partial charge is 0.309 e. The highest BCUT2D eigenvalue weighted by atomic mass is 16.5. The average molecular weight is 212 g/mol. The lowest BCUT2D eigenvalue weighted by molar-refractivity contribution is -0.153. The zero-order chi connectivity index (χ0) is 11.1. The summed E-state index contributed by atoms with van der Waals surface area (Å²) < 4.78 is 5.04. The normalized spacial score (nSPS) is 39.9. The second-order valence-corrected chi connectivity index (χ2v) is 5.31. The predicted octanol–water partition coefficient (Wildman–Crippen LogP) is 2.16. The number of carboxylic acids is 1. The van der Waals surface area contributed by atoms with Gasteiger partial charge in [0, 0.05) is 13.7 Å². The molecule has 15 heavy (non-hydrogen) atoms. The molecule has 0 aromatic rings. The lowest BCUT2D eigenvalue weighted by Crippen LogP contribution is -2.36. The molecular formula is C12H20O3. The Morgan fingerprint density at radius 3 is 2.60 bits per heavy atom. The second-order valence-electron chi connectivity index (χ2n) is 5.31. The number of rotatable bonds is 5. The summed E-state index contributed by atoms with van der Waals surface area (Å²) in [7, 11) is 1.67. The Kier molecular flexibility index (Phi) is 2.75. The molecule has 2 aliphatic rings. The summed E-state index contributed by atoms with van der Waals surface area (Å²) in [6.07, 6.45) is 3.93. The second kappa shape index (κ2) is 3.78. The van der Waals surface area contributed by atoms with Crippen LogP contribution in [0.1, 0.15) is 32.6 Å². The molecule has 3 nitrogen and oxygen atoms in total. The minimum absolute atomic E-state index is 0.239. The molecular weight excluding hydrogens is 192 g/mol. The summed E-state index contributed by atoms with van der Waals surface area (Å²) in [5.74, 6) is 1.08. The Bertz CT molecular complexity index is 252. The van der Waals surface area contributed by atoms with Crippen LogP contribution in [0, 0.1) is 23.2 Å². The maximum Gasteiger partial charge on any atom is 0.309 e. The van der Waals surface area contributed by atoms with E-state index in [1.165, 1.54) is 6.42 Å². The fourth-order valence-electron chi connectivity index (χ4n) is 3.19. The van der Waals surface area contributed by atoms with Crippen molar-refractivity contribution in [1.82, 2.24) is 0 Å². The summed E-state index contributed by atoms with van der Waals surface area (Å²) in [6, 6.07) is 0. The largest absolute Gasteiger partial charge is 0.481 e. The van der Waals surface area contributed by atoms with Gasteiger partial charge in [0.15, 0.2) is 0 Å². The van der Waals surface area contributed by atoms with Crippen molar-refractivity contribution >= 4 is 5.97 Å². The number of hydrogen-bond donors (Lipinski definition) is 1. The van der Waals surface area contributed by atoms with Gasteiger partial charge in [-0.2, -0.15) is 0 Å². The molecule has 0 heterocycles. The van der Waals surface area contributed by atoms with Gasteiger partial charge >= 0.3 is 5.97 Å². The van der Waals surface area contributed by atoms with Crippen LogP contribution >= 0.6 is 0 Å². The molecule has 0 radical (unpaired) electrons. The molecule has 2 rings (SSSR count). The Morgan fingerprint density at radius 1 is 1.53 bits per heavy atom. The van der Waals surface area contributed by atoms with E-state index in [4.69, 9.17) is 4.74 Å². The van der Waals surface area contributed by atoms with Gasteiger partial charge in [0.2, 0.25) is 0 Å². The Morgan fingerprint density at radius 2 is 2.13 bits per heavy atom. The quantitative estimate of drug-likeness (QED) is 0.759. The van der Waals surface area contributed by atoms with Crippen molar-refractivity contribution in [1.29, 1.82) is 0 Å². The molecule has 0 aromatic heterocycles. The molecule has 0 bridgehead atoms. The maximum absolute atomic E-state index is 11.5. The van der Waals surface area contributed by atoms with Crippen LogP contribution in [0.3, 0.4) is 0 Å². The third-order valence-corrected chi connectivity index (χ3v) is 4.45. The van der Waals surface area contributed by atoms with Gasteiger partial charge in [0.1, 0.15) is 0 Å². The predicted molar refractivity (Wildman–Crippen MR) is 56.6 cm³/mol. The highest BCUT2D eigenvalue weighted by Gasteiger charge is 2.59. The summed E-state index contributed by atoms with van der Waals surface area (Å²) in [6.45, 7) is 2.74. The lowest BCUT2D eigenvalue weighted by atomic mass is 9.71. The zero-order valence-electron chi connectivity index (χ0n) is 9.53. The molecule has 0 spiro atoms. The first-order valence-electron chi connectivity index (χ1n) is 5.82. The SMILES string of the molecule is COCCC(C)C1(C(=O)O)CC2CC2C1. The molecule has 86 valence electrons. The number of ether oxygens (including phenoxy) is 1. The highest BCUT2D eigenvalue weighted by molar-refractivity contribution is 5.76. The summed E-state index contributed by atoms with van der Waals surface area (Å²) in [5.41, 5.74) is -0.438. The zero-order valence-corrected chi connectivity index (χ0v) is 9.53. The Labute approximate surface area is 90.8 Å². The van der Waals surface area contributed by atoms with E-state index in [1.54, 1.807) is 7.11 Å². The van der Waals surface area contributed by atoms with Crippen molar-refractivity contribution in [3.63, 3.8) is 0 Å². The summed E-state index contributed by atoms with van der Waals surface area (Å²) in [5, 5.41) is 9.43. The first-order chi connectivity index (χ1) is 7.10. The van der Waals surface area contributed by atoms with Gasteiger partial charge in [-0.3, -0.25) is 4.79 Å². The molecule has 2 aliphatic carbocycles. The fourth-order valence-corrected chi connectivity index (χ4v) is 3.19. The monoisotopic (exact) mass is 212 g/mol. The van der Waals surface area contributed by atoms with Crippen LogP contribution in [0.15, 0.2) is 0 Å². The van der Waals surface area contributed by atoms with Crippen molar-refractivity contribution in [2.75, 3.05) is 13.7 Å². The van der Waals surface area contributed by atoms with Crippen molar-refractivity contribution in [2.45, 2.75) is 32.6 Å². The van der Waals surface area contributed by atoms with E-state index in [0.717, 1.165) is 19.3 Å². The number of aliphatic carboxylic acids is 1. The van der Waals surface area contributed by atoms with E-state index >= 15 is 0 Å². The van der Waals surface area contributed by atoms with Crippen LogP contribution in [0.25, 0.3) is 0 Å².